The predicted molar refractivity (Wildman–Crippen MR) is 50.1 cm³/mol. The number of nitrogens with two attached hydrogens (primary N) is 1. The Morgan fingerprint density at radius 1 is 1.58 bits per heavy atom. The number of rotatable bonds is 6. The van der Waals surface area contributed by atoms with Crippen molar-refractivity contribution in [3.8, 4) is 0 Å². The largest absolute Gasteiger partial charge is 0.383 e. The van der Waals surface area contributed by atoms with E-state index in [0.29, 0.717) is 6.54 Å². The second-order valence-electron chi connectivity index (χ2n) is 3.60. The molecule has 72 valence electrons. The van der Waals surface area contributed by atoms with Gasteiger partial charge in [-0.1, -0.05) is 6.92 Å². The van der Waals surface area contributed by atoms with Crippen molar-refractivity contribution in [2.24, 2.45) is 11.7 Å². The zero-order chi connectivity index (χ0) is 9.03. The molecule has 1 saturated carbocycles. The van der Waals surface area contributed by atoms with Crippen LogP contribution in [-0.2, 0) is 4.74 Å². The summed E-state index contributed by atoms with van der Waals surface area (Å²) in [6.07, 6.45) is 2.60. The minimum Gasteiger partial charge on any atom is -0.383 e. The summed E-state index contributed by atoms with van der Waals surface area (Å²) in [6, 6.07) is 0. The Bertz CT molecular complexity index is 128. The highest BCUT2D eigenvalue weighted by Gasteiger charge is 2.43. The molecule has 1 aliphatic rings. The first-order valence-electron chi connectivity index (χ1n) is 4.73. The van der Waals surface area contributed by atoms with Crippen LogP contribution < -0.4 is 11.1 Å². The SMILES string of the molecule is CCNC(CN)(COC)C1CC1. The fraction of sp³-hybridized carbons (Fsp3) is 1.00. The smallest absolute Gasteiger partial charge is 0.0659 e. The molecule has 1 fully saturated rings. The molecular formula is C9H20N2O. The molecule has 0 saturated heterocycles. The zero-order valence-electron chi connectivity index (χ0n) is 8.10. The van der Waals surface area contributed by atoms with Gasteiger partial charge in [0.25, 0.3) is 0 Å². The third kappa shape index (κ3) is 1.97. The van der Waals surface area contributed by atoms with Crippen molar-refractivity contribution in [1.29, 1.82) is 0 Å². The lowest BCUT2D eigenvalue weighted by Crippen LogP contribution is -2.56. The lowest BCUT2D eigenvalue weighted by Gasteiger charge is -2.32. The van der Waals surface area contributed by atoms with E-state index in [4.69, 9.17) is 10.5 Å². The number of likely N-dealkylation sites (N-methyl/N-ethyl adjacent to an activating group) is 1. The maximum absolute atomic E-state index is 5.78. The monoisotopic (exact) mass is 172 g/mol. The van der Waals surface area contributed by atoms with Gasteiger partial charge >= 0.3 is 0 Å². The van der Waals surface area contributed by atoms with Gasteiger partial charge in [-0.3, -0.25) is 0 Å². The number of hydrogen-bond donors (Lipinski definition) is 2. The number of ether oxygens (including phenoxy) is 1. The van der Waals surface area contributed by atoms with Gasteiger partial charge in [0.1, 0.15) is 0 Å². The van der Waals surface area contributed by atoms with Crippen molar-refractivity contribution in [1.82, 2.24) is 5.32 Å². The molecule has 1 unspecified atom stereocenters. The van der Waals surface area contributed by atoms with Gasteiger partial charge in [0.05, 0.1) is 12.1 Å². The second kappa shape index (κ2) is 4.21. The summed E-state index contributed by atoms with van der Waals surface area (Å²) in [5.41, 5.74) is 5.84. The zero-order valence-corrected chi connectivity index (χ0v) is 8.10. The standard InChI is InChI=1S/C9H20N2O/c1-3-11-9(6-10,7-12-2)8-4-5-8/h8,11H,3-7,10H2,1-2H3. The summed E-state index contributed by atoms with van der Waals surface area (Å²) in [5, 5.41) is 3.46. The first kappa shape index (κ1) is 9.96. The molecule has 3 nitrogen and oxygen atoms in total. The van der Waals surface area contributed by atoms with Crippen LogP contribution in [0.25, 0.3) is 0 Å². The molecule has 3 N–H and O–H groups in total. The van der Waals surface area contributed by atoms with E-state index in [0.717, 1.165) is 19.1 Å². The van der Waals surface area contributed by atoms with Crippen LogP contribution in [0.3, 0.4) is 0 Å². The summed E-state index contributed by atoms with van der Waals surface area (Å²) in [7, 11) is 1.74. The number of hydrogen-bond acceptors (Lipinski definition) is 3. The summed E-state index contributed by atoms with van der Waals surface area (Å²) in [6.45, 7) is 4.50. The maximum atomic E-state index is 5.78. The minimum atomic E-state index is 0.0590. The lowest BCUT2D eigenvalue weighted by molar-refractivity contribution is 0.100. The molecule has 0 amide bonds. The predicted octanol–water partition coefficient (Wildman–Crippen LogP) is 0.350. The molecule has 0 radical (unpaired) electrons. The van der Waals surface area contributed by atoms with E-state index in [1.807, 2.05) is 0 Å². The van der Waals surface area contributed by atoms with Gasteiger partial charge in [-0.05, 0) is 25.3 Å². The molecule has 0 spiro atoms. The van der Waals surface area contributed by atoms with E-state index >= 15 is 0 Å². The fourth-order valence-corrected chi connectivity index (χ4v) is 1.86. The molecule has 0 aromatic rings. The van der Waals surface area contributed by atoms with Crippen LogP contribution in [0.4, 0.5) is 0 Å². The van der Waals surface area contributed by atoms with Crippen molar-refractivity contribution >= 4 is 0 Å². The third-order valence-corrected chi connectivity index (χ3v) is 2.65. The third-order valence-electron chi connectivity index (χ3n) is 2.65. The van der Waals surface area contributed by atoms with Gasteiger partial charge in [-0.2, -0.15) is 0 Å². The molecule has 3 heteroatoms. The van der Waals surface area contributed by atoms with Crippen molar-refractivity contribution in [3.05, 3.63) is 0 Å². The molecular weight excluding hydrogens is 152 g/mol. The molecule has 12 heavy (non-hydrogen) atoms. The minimum absolute atomic E-state index is 0.0590. The average Bonchev–Trinajstić information content (AvgIpc) is 2.86. The Morgan fingerprint density at radius 2 is 2.25 bits per heavy atom. The highest BCUT2D eigenvalue weighted by atomic mass is 16.5. The molecule has 0 heterocycles. The number of nitrogens with one attached hydrogen (secondary N) is 1. The number of methoxy groups -OCH3 is 1. The lowest BCUT2D eigenvalue weighted by atomic mass is 9.94. The average molecular weight is 172 g/mol. The van der Waals surface area contributed by atoms with Crippen molar-refractivity contribution in [3.63, 3.8) is 0 Å². The van der Waals surface area contributed by atoms with Crippen LogP contribution in [0, 0.1) is 5.92 Å². The summed E-state index contributed by atoms with van der Waals surface area (Å²) in [5.74, 6) is 0.738. The van der Waals surface area contributed by atoms with Crippen LogP contribution in [0.1, 0.15) is 19.8 Å². The maximum Gasteiger partial charge on any atom is 0.0659 e. The van der Waals surface area contributed by atoms with Gasteiger partial charge in [-0.25, -0.2) is 0 Å². The first-order chi connectivity index (χ1) is 5.79. The summed E-state index contributed by atoms with van der Waals surface area (Å²) in [4.78, 5) is 0. The molecule has 0 bridgehead atoms. The van der Waals surface area contributed by atoms with Crippen LogP contribution >= 0.6 is 0 Å². The molecule has 0 aromatic carbocycles. The van der Waals surface area contributed by atoms with E-state index in [1.54, 1.807) is 7.11 Å². The van der Waals surface area contributed by atoms with E-state index in [1.165, 1.54) is 12.8 Å². The van der Waals surface area contributed by atoms with Crippen LogP contribution in [0.15, 0.2) is 0 Å². The molecule has 0 aromatic heterocycles. The second-order valence-corrected chi connectivity index (χ2v) is 3.60. The molecule has 1 aliphatic carbocycles. The van der Waals surface area contributed by atoms with E-state index in [-0.39, 0.29) is 5.54 Å². The van der Waals surface area contributed by atoms with Gasteiger partial charge in [-0.15, -0.1) is 0 Å². The van der Waals surface area contributed by atoms with Gasteiger partial charge in [0, 0.05) is 13.7 Å². The highest BCUT2D eigenvalue weighted by Crippen LogP contribution is 2.39. The van der Waals surface area contributed by atoms with Crippen LogP contribution in [-0.4, -0.2) is 32.3 Å². The topological polar surface area (TPSA) is 47.3 Å². The van der Waals surface area contributed by atoms with Gasteiger partial charge in [0.15, 0.2) is 0 Å². The summed E-state index contributed by atoms with van der Waals surface area (Å²) < 4.78 is 5.21. The van der Waals surface area contributed by atoms with E-state index in [9.17, 15) is 0 Å². The first-order valence-corrected chi connectivity index (χ1v) is 4.73. The Kier molecular flexibility index (Phi) is 3.50. The van der Waals surface area contributed by atoms with Crippen molar-refractivity contribution in [2.45, 2.75) is 25.3 Å². The molecule has 1 rings (SSSR count). The van der Waals surface area contributed by atoms with Gasteiger partial charge in [0.2, 0.25) is 0 Å². The van der Waals surface area contributed by atoms with Gasteiger partial charge < -0.3 is 15.8 Å². The fourth-order valence-electron chi connectivity index (χ4n) is 1.86. The summed E-state index contributed by atoms with van der Waals surface area (Å²) >= 11 is 0. The van der Waals surface area contributed by atoms with Crippen molar-refractivity contribution in [2.75, 3.05) is 26.8 Å². The molecule has 0 aliphatic heterocycles. The van der Waals surface area contributed by atoms with E-state index < -0.39 is 0 Å². The van der Waals surface area contributed by atoms with E-state index in [2.05, 4.69) is 12.2 Å². The van der Waals surface area contributed by atoms with Crippen molar-refractivity contribution < 1.29 is 4.74 Å². The Hall–Kier alpha value is -0.120. The quantitative estimate of drug-likeness (QED) is 0.608. The Morgan fingerprint density at radius 3 is 2.58 bits per heavy atom. The normalized spacial score (nSPS) is 22.2. The molecule has 1 atom stereocenters. The Balaban J connectivity index is 2.51. The van der Waals surface area contributed by atoms with Crippen LogP contribution in [0.5, 0.6) is 0 Å². The van der Waals surface area contributed by atoms with Crippen LogP contribution in [0.2, 0.25) is 0 Å². The highest BCUT2D eigenvalue weighted by molar-refractivity contribution is 5.01. The Labute approximate surface area is 74.7 Å².